The highest BCUT2D eigenvalue weighted by atomic mass is 16.3. The number of carbonyl (C=O) groups is 1. The summed E-state index contributed by atoms with van der Waals surface area (Å²) in [5.74, 6) is 1.46. The molecule has 0 unspecified atom stereocenters. The van der Waals surface area contributed by atoms with E-state index in [0.29, 0.717) is 18.3 Å². The summed E-state index contributed by atoms with van der Waals surface area (Å²) in [4.78, 5) is 12.8. The van der Waals surface area contributed by atoms with Gasteiger partial charge in [-0.2, -0.15) is 0 Å². The highest BCUT2D eigenvalue weighted by Gasteiger charge is 2.77. The average Bonchev–Trinajstić information content (AvgIpc) is 2.91. The number of fused-ring (bicyclic) bond motifs is 2. The third-order valence-corrected chi connectivity index (χ3v) is 8.54. The van der Waals surface area contributed by atoms with Crippen LogP contribution in [0.25, 0.3) is 0 Å². The first-order valence-corrected chi connectivity index (χ1v) is 8.99. The molecule has 2 heteroatoms. The van der Waals surface area contributed by atoms with Crippen molar-refractivity contribution in [1.29, 1.82) is 0 Å². The van der Waals surface area contributed by atoms with Gasteiger partial charge in [-0.25, -0.2) is 0 Å². The van der Waals surface area contributed by atoms with Crippen LogP contribution in [0.2, 0.25) is 0 Å². The largest absolute Gasteiger partial charge is 0.393 e. The number of carbonyl (C=O) groups excluding carboxylic acids is 1. The minimum Gasteiger partial charge on any atom is -0.393 e. The van der Waals surface area contributed by atoms with Crippen molar-refractivity contribution in [1.82, 2.24) is 0 Å². The van der Waals surface area contributed by atoms with Gasteiger partial charge in [0.2, 0.25) is 0 Å². The standard InChI is InChI=1S/C20H30O2/c1-12-6-7-14(22)19(5)10-13(21)15-16-17(2,3)8-9-18(16,4)11-20(12,15)19/h6-7,12-13,15-16,21H,8-11H2,1-5H3/t12-,13-,15-,16+,18+,19-,20-/m1/s1. The Labute approximate surface area is 134 Å². The van der Waals surface area contributed by atoms with E-state index in [0.717, 1.165) is 6.42 Å². The maximum Gasteiger partial charge on any atom is 0.161 e. The van der Waals surface area contributed by atoms with Crippen LogP contribution >= 0.6 is 0 Å². The van der Waals surface area contributed by atoms with Gasteiger partial charge in [0.1, 0.15) is 0 Å². The molecule has 22 heavy (non-hydrogen) atoms. The molecule has 1 spiro atoms. The fourth-order valence-electron chi connectivity index (χ4n) is 7.81. The van der Waals surface area contributed by atoms with Gasteiger partial charge in [-0.1, -0.05) is 40.7 Å². The number of aliphatic hydroxyl groups is 1. The van der Waals surface area contributed by atoms with Crippen molar-refractivity contribution in [3.05, 3.63) is 12.2 Å². The molecule has 122 valence electrons. The smallest absolute Gasteiger partial charge is 0.161 e. The molecule has 2 nitrogen and oxygen atoms in total. The van der Waals surface area contributed by atoms with Gasteiger partial charge >= 0.3 is 0 Å². The SMILES string of the molecule is C[C@@H]1C=CC(=O)[C@@]2(C)C[C@@H](O)[C@@H]3[C@H]4C(C)(C)CC[C@@]4(C)C[C@]312. The first-order chi connectivity index (χ1) is 10.1. The monoisotopic (exact) mass is 302 g/mol. The number of ketones is 1. The van der Waals surface area contributed by atoms with E-state index in [1.54, 1.807) is 6.08 Å². The molecule has 0 aromatic heterocycles. The second kappa shape index (κ2) is 3.88. The Morgan fingerprint density at radius 2 is 1.86 bits per heavy atom. The lowest BCUT2D eigenvalue weighted by Gasteiger charge is -2.50. The lowest BCUT2D eigenvalue weighted by molar-refractivity contribution is -0.134. The number of hydrogen-bond acceptors (Lipinski definition) is 2. The summed E-state index contributed by atoms with van der Waals surface area (Å²) in [6.45, 7) is 11.6. The fourth-order valence-corrected chi connectivity index (χ4v) is 7.81. The molecule has 7 atom stereocenters. The van der Waals surface area contributed by atoms with E-state index in [2.05, 4.69) is 40.7 Å². The molecule has 3 saturated carbocycles. The molecule has 0 amide bonds. The first-order valence-electron chi connectivity index (χ1n) is 8.99. The summed E-state index contributed by atoms with van der Waals surface area (Å²) in [5, 5.41) is 11.0. The van der Waals surface area contributed by atoms with Crippen LogP contribution in [0.1, 0.15) is 60.3 Å². The van der Waals surface area contributed by atoms with Gasteiger partial charge in [-0.3, -0.25) is 4.79 Å². The number of allylic oxidation sites excluding steroid dienone is 2. The highest BCUT2D eigenvalue weighted by Crippen LogP contribution is 2.79. The molecule has 0 aromatic carbocycles. The maximum atomic E-state index is 12.8. The Kier molecular flexibility index (Phi) is 2.63. The van der Waals surface area contributed by atoms with E-state index in [1.165, 1.54) is 12.8 Å². The lowest BCUT2D eigenvalue weighted by atomic mass is 9.52. The van der Waals surface area contributed by atoms with Gasteiger partial charge in [0.15, 0.2) is 5.78 Å². The molecule has 0 heterocycles. The van der Waals surface area contributed by atoms with Gasteiger partial charge in [-0.05, 0) is 65.8 Å². The van der Waals surface area contributed by atoms with Gasteiger partial charge in [0, 0.05) is 5.41 Å². The predicted molar refractivity (Wildman–Crippen MR) is 87.2 cm³/mol. The Hall–Kier alpha value is -0.630. The normalized spacial score (nSPS) is 58.5. The molecular weight excluding hydrogens is 272 g/mol. The van der Waals surface area contributed by atoms with Crippen LogP contribution in [0.3, 0.4) is 0 Å². The molecule has 0 aliphatic heterocycles. The van der Waals surface area contributed by atoms with Crippen LogP contribution in [0.15, 0.2) is 12.2 Å². The zero-order valence-electron chi connectivity index (χ0n) is 14.6. The Bertz CT molecular complexity index is 576. The van der Waals surface area contributed by atoms with Crippen molar-refractivity contribution in [3.8, 4) is 0 Å². The number of rotatable bonds is 0. The Balaban J connectivity index is 1.94. The second-order valence-electron chi connectivity index (χ2n) is 9.98. The van der Waals surface area contributed by atoms with Crippen LogP contribution in [-0.4, -0.2) is 17.0 Å². The van der Waals surface area contributed by atoms with E-state index in [9.17, 15) is 9.90 Å². The lowest BCUT2D eigenvalue weighted by Crippen LogP contribution is -2.50. The first kappa shape index (κ1) is 14.9. The zero-order valence-corrected chi connectivity index (χ0v) is 14.6. The van der Waals surface area contributed by atoms with Crippen LogP contribution in [0.4, 0.5) is 0 Å². The third kappa shape index (κ3) is 1.36. The quantitative estimate of drug-likeness (QED) is 0.735. The molecule has 4 rings (SSSR count). The maximum absolute atomic E-state index is 12.8. The van der Waals surface area contributed by atoms with Gasteiger partial charge in [0.25, 0.3) is 0 Å². The van der Waals surface area contributed by atoms with Crippen LogP contribution in [-0.2, 0) is 4.79 Å². The summed E-state index contributed by atoms with van der Waals surface area (Å²) in [6, 6.07) is 0. The van der Waals surface area contributed by atoms with E-state index in [4.69, 9.17) is 0 Å². The molecule has 4 aliphatic rings. The van der Waals surface area contributed by atoms with E-state index < -0.39 is 0 Å². The van der Waals surface area contributed by atoms with Crippen molar-refractivity contribution in [2.24, 2.45) is 39.4 Å². The topological polar surface area (TPSA) is 37.3 Å². The fraction of sp³-hybridized carbons (Fsp3) is 0.850. The van der Waals surface area contributed by atoms with Crippen LogP contribution in [0, 0.1) is 39.4 Å². The van der Waals surface area contributed by atoms with Crippen molar-refractivity contribution >= 4 is 5.78 Å². The molecular formula is C20H30O2. The molecule has 1 N–H and O–H groups in total. The molecule has 0 bridgehead atoms. The Morgan fingerprint density at radius 3 is 2.55 bits per heavy atom. The average molecular weight is 302 g/mol. The highest BCUT2D eigenvalue weighted by molar-refractivity contribution is 5.97. The molecule has 3 fully saturated rings. The summed E-state index contributed by atoms with van der Waals surface area (Å²) in [7, 11) is 0. The summed E-state index contributed by atoms with van der Waals surface area (Å²) in [5.41, 5.74) is 0.166. The van der Waals surface area contributed by atoms with E-state index in [-0.39, 0.29) is 39.5 Å². The minimum atomic E-state index is -0.366. The number of aliphatic hydroxyl groups excluding tert-OH is 1. The molecule has 0 radical (unpaired) electrons. The van der Waals surface area contributed by atoms with Gasteiger partial charge < -0.3 is 5.11 Å². The summed E-state index contributed by atoms with van der Waals surface area (Å²) < 4.78 is 0. The summed E-state index contributed by atoms with van der Waals surface area (Å²) in [6.07, 6.45) is 7.88. The summed E-state index contributed by atoms with van der Waals surface area (Å²) >= 11 is 0. The van der Waals surface area contributed by atoms with Crippen LogP contribution in [0.5, 0.6) is 0 Å². The van der Waals surface area contributed by atoms with Crippen molar-refractivity contribution in [2.75, 3.05) is 0 Å². The second-order valence-corrected chi connectivity index (χ2v) is 9.98. The van der Waals surface area contributed by atoms with Crippen molar-refractivity contribution < 1.29 is 9.90 Å². The molecule has 0 saturated heterocycles. The third-order valence-electron chi connectivity index (χ3n) is 8.54. The van der Waals surface area contributed by atoms with Crippen molar-refractivity contribution in [2.45, 2.75) is 66.4 Å². The zero-order chi connectivity index (χ0) is 16.1. The van der Waals surface area contributed by atoms with Crippen LogP contribution < -0.4 is 0 Å². The molecule has 0 aromatic rings. The van der Waals surface area contributed by atoms with Gasteiger partial charge in [0.05, 0.1) is 6.10 Å². The number of hydrogen-bond donors (Lipinski definition) is 1. The minimum absolute atomic E-state index is 0.0324. The van der Waals surface area contributed by atoms with E-state index in [1.807, 2.05) is 0 Å². The van der Waals surface area contributed by atoms with E-state index >= 15 is 0 Å². The predicted octanol–water partition coefficient (Wildman–Crippen LogP) is 3.98. The van der Waals surface area contributed by atoms with Gasteiger partial charge in [-0.15, -0.1) is 0 Å². The molecule has 4 aliphatic carbocycles. The van der Waals surface area contributed by atoms with Crippen molar-refractivity contribution in [3.63, 3.8) is 0 Å². The Morgan fingerprint density at radius 1 is 1.18 bits per heavy atom.